The minimum absolute atomic E-state index is 2.14. The Bertz CT molecular complexity index is 132. The second-order valence-electron chi connectivity index (χ2n) is 0.718. The molecule has 0 aromatic carbocycles. The quantitative estimate of drug-likeness (QED) is 0.0906. The molecule has 8 nitrogen and oxygen atoms in total. The predicted octanol–water partition coefficient (Wildman–Crippen LogP) is -0.758. The van der Waals surface area contributed by atoms with Crippen LogP contribution < -0.4 is 5.84 Å². The van der Waals surface area contributed by atoms with Gasteiger partial charge in [-0.15, -0.1) is 5.53 Å². The molecule has 9 heteroatoms. The number of azide groups is 1. The van der Waals surface area contributed by atoms with Crippen molar-refractivity contribution in [1.29, 1.82) is 0 Å². The van der Waals surface area contributed by atoms with Crippen LogP contribution in [0.2, 0.25) is 0 Å². The van der Waals surface area contributed by atoms with Crippen molar-refractivity contribution >= 4 is 7.82 Å². The zero-order valence-electron chi connectivity index (χ0n) is 4.12. The molecule has 0 unspecified atom stereocenters. The molecule has 0 heterocycles. The summed E-state index contributed by atoms with van der Waals surface area (Å²) in [4.78, 5) is 23.7. The second-order valence-corrected chi connectivity index (χ2v) is 1.74. The van der Waals surface area contributed by atoms with E-state index >= 15 is 0 Å². The maximum absolute atomic E-state index is 8.88. The fourth-order valence-corrected chi connectivity index (χ4v) is 0. The van der Waals surface area contributed by atoms with Gasteiger partial charge in [-0.05, 0) is 5.22 Å². The van der Waals surface area contributed by atoms with Crippen LogP contribution in [0.1, 0.15) is 0 Å². The Morgan fingerprint density at radius 2 is 1.67 bits per heavy atom. The van der Waals surface area contributed by atoms with Gasteiger partial charge in [0.15, 0.2) is 0 Å². The normalized spacial score (nSPS) is 8.33. The van der Waals surface area contributed by atoms with Gasteiger partial charge in [0.1, 0.15) is 0 Å². The van der Waals surface area contributed by atoms with E-state index in [0.717, 1.165) is 0 Å². The zero-order valence-corrected chi connectivity index (χ0v) is 5.01. The van der Waals surface area contributed by atoms with Gasteiger partial charge in [0, 0.05) is 0 Å². The van der Waals surface area contributed by atoms with Crippen molar-refractivity contribution in [1.82, 2.24) is 0 Å². The van der Waals surface area contributed by atoms with E-state index in [1.807, 2.05) is 0 Å². The topological polar surface area (TPSA) is 153 Å². The minimum Gasteiger partial charge on any atom is -0.303 e. The molecule has 9 heavy (non-hydrogen) atoms. The third kappa shape index (κ3) is 4060. The number of nitrogens with zero attached hydrogens (tertiary/aromatic N) is 3. The first-order valence-corrected chi connectivity index (χ1v) is 3.01. The van der Waals surface area contributed by atoms with Crippen LogP contribution in [0.4, 0.5) is 0 Å². The molecule has 0 amide bonds. The highest BCUT2D eigenvalue weighted by Gasteiger charge is 2.00. The largest absolute Gasteiger partial charge is 0.466 e. The molecule has 0 radical (unpaired) electrons. The number of hydrogen-bond donors (Lipinski definition) is 4. The number of nitrogens with two attached hydrogens (primary N) is 1. The summed E-state index contributed by atoms with van der Waals surface area (Å²) in [6.45, 7) is 0. The maximum atomic E-state index is 8.88. The number of phosphoric acid groups is 1. The molecule has 0 saturated heterocycles. The summed E-state index contributed by atoms with van der Waals surface area (Å²) in [6.07, 6.45) is 0. The van der Waals surface area contributed by atoms with Crippen molar-refractivity contribution in [2.24, 2.45) is 11.1 Å². The van der Waals surface area contributed by atoms with E-state index in [2.05, 4.69) is 16.0 Å². The summed E-state index contributed by atoms with van der Waals surface area (Å²) < 4.78 is 8.88. The van der Waals surface area contributed by atoms with Gasteiger partial charge < -0.3 is 14.7 Å². The van der Waals surface area contributed by atoms with Gasteiger partial charge in [0.25, 0.3) is 0 Å². The molecule has 0 aliphatic carbocycles. The predicted molar refractivity (Wildman–Crippen MR) is 27.6 cm³/mol. The summed E-state index contributed by atoms with van der Waals surface area (Å²) >= 11 is 0. The van der Waals surface area contributed by atoms with Gasteiger partial charge in [0.05, 0.1) is 0 Å². The summed E-state index contributed by atoms with van der Waals surface area (Å²) in [7, 11) is -4.64. The van der Waals surface area contributed by atoms with Crippen LogP contribution in [0.3, 0.4) is 0 Å². The van der Waals surface area contributed by atoms with Crippen molar-refractivity contribution in [3.05, 3.63) is 10.4 Å². The van der Waals surface area contributed by atoms with Gasteiger partial charge >= 0.3 is 7.82 Å². The van der Waals surface area contributed by atoms with Gasteiger partial charge in [-0.25, -0.2) is 4.57 Å². The van der Waals surface area contributed by atoms with Crippen LogP contribution in [0.25, 0.3) is 10.4 Å². The number of rotatable bonds is 0. The van der Waals surface area contributed by atoms with Gasteiger partial charge in [-0.1, -0.05) is 0 Å². The zero-order chi connectivity index (χ0) is 7.91. The molecular weight excluding hydrogens is 151 g/mol. The Morgan fingerprint density at radius 1 is 1.56 bits per heavy atom. The first-order valence-electron chi connectivity index (χ1n) is 1.44. The van der Waals surface area contributed by atoms with Crippen molar-refractivity contribution in [3.8, 4) is 0 Å². The highest BCUT2D eigenvalue weighted by molar-refractivity contribution is 7.45. The fourth-order valence-electron chi connectivity index (χ4n) is 0. The molecule has 54 valence electrons. The van der Waals surface area contributed by atoms with Crippen molar-refractivity contribution in [2.45, 2.75) is 0 Å². The minimum atomic E-state index is -4.64. The van der Waals surface area contributed by atoms with Crippen LogP contribution in [0.5, 0.6) is 0 Å². The van der Waals surface area contributed by atoms with Crippen LogP contribution in [0, 0.1) is 0 Å². The molecule has 0 saturated carbocycles. The lowest BCUT2D eigenvalue weighted by Crippen LogP contribution is -1.66. The highest BCUT2D eigenvalue weighted by atomic mass is 31.2. The Hall–Kier alpha value is -0.780. The van der Waals surface area contributed by atoms with E-state index < -0.39 is 7.82 Å². The third-order valence-electron chi connectivity index (χ3n) is 0.0516. The maximum Gasteiger partial charge on any atom is 0.466 e. The molecule has 0 rings (SSSR count). The monoisotopic (exact) mass is 156 g/mol. The van der Waals surface area contributed by atoms with Gasteiger partial charge in [-0.3, -0.25) is 5.84 Å². The van der Waals surface area contributed by atoms with Crippen LogP contribution >= 0.6 is 7.82 Å². The van der Waals surface area contributed by atoms with E-state index in [1.165, 1.54) is 0 Å². The van der Waals surface area contributed by atoms with E-state index in [9.17, 15) is 0 Å². The molecule has 0 atom stereocenters. The van der Waals surface area contributed by atoms with Crippen molar-refractivity contribution in [2.75, 3.05) is 0 Å². The van der Waals surface area contributed by atoms with Crippen molar-refractivity contribution in [3.63, 3.8) is 0 Å². The molecule has 0 aromatic heterocycles. The molecular formula is H5N4O4P. The number of hydrogen-bond acceptors (Lipinski definition) is 2. The smallest absolute Gasteiger partial charge is 0.303 e. The lowest BCUT2D eigenvalue weighted by Gasteiger charge is -1.82. The molecule has 0 fully saturated rings. The molecule has 0 aliphatic rings. The lowest BCUT2D eigenvalue weighted by molar-refractivity contribution is 0.275. The second kappa shape index (κ2) is 5.36. The fraction of sp³-hybridized carbons (Fsp3) is 0. The Kier molecular flexibility index (Phi) is 6.59. The first kappa shape index (κ1) is 11.1. The summed E-state index contributed by atoms with van der Waals surface area (Å²) in [5, 5.41) is 2.42. The van der Waals surface area contributed by atoms with Gasteiger partial charge in [0.2, 0.25) is 0 Å². The summed E-state index contributed by atoms with van der Waals surface area (Å²) in [6, 6.07) is 0. The van der Waals surface area contributed by atoms with E-state index in [1.54, 1.807) is 0 Å². The third-order valence-corrected chi connectivity index (χ3v) is 0.0516. The Balaban J connectivity index is 0. The van der Waals surface area contributed by atoms with Crippen LogP contribution in [-0.4, -0.2) is 14.7 Å². The Morgan fingerprint density at radius 3 is 1.67 bits per heavy atom. The standard InChI is InChI=1S/H2N4.H3O4P/c1-3-4-2;1-5(2,3)4/h1H2;(H3,1,2,3,4). The molecule has 0 spiro atoms. The van der Waals surface area contributed by atoms with E-state index in [0.29, 0.717) is 0 Å². The summed E-state index contributed by atoms with van der Waals surface area (Å²) in [5.74, 6) is 4.24. The molecule has 0 aliphatic heterocycles. The lowest BCUT2D eigenvalue weighted by atomic mass is 12.7. The first-order chi connectivity index (χ1) is 3.91. The van der Waals surface area contributed by atoms with E-state index in [4.69, 9.17) is 24.8 Å². The van der Waals surface area contributed by atoms with E-state index in [-0.39, 0.29) is 0 Å². The van der Waals surface area contributed by atoms with Crippen molar-refractivity contribution < 1.29 is 19.2 Å². The van der Waals surface area contributed by atoms with Crippen LogP contribution in [-0.2, 0) is 4.57 Å². The SMILES string of the molecule is O=P(O)(O)O.[N-]=[N+]=NN. The van der Waals surface area contributed by atoms with Gasteiger partial charge in [-0.2, -0.15) is 4.91 Å². The average Bonchev–Trinajstić information content (AvgIpc) is 1.61. The highest BCUT2D eigenvalue weighted by Crippen LogP contribution is 2.25. The molecule has 5 N–H and O–H groups in total. The molecule has 0 bridgehead atoms. The Labute approximate surface area is 49.8 Å². The van der Waals surface area contributed by atoms with Crippen LogP contribution in [0.15, 0.2) is 5.22 Å². The molecule has 0 aromatic rings. The summed E-state index contributed by atoms with van der Waals surface area (Å²) in [5.41, 5.74) is 7.21. The average molecular weight is 156 g/mol.